The average Bonchev–Trinajstić information content (AvgIpc) is 3.28. The van der Waals surface area contributed by atoms with E-state index in [4.69, 9.17) is 0 Å². The van der Waals surface area contributed by atoms with E-state index < -0.39 is 0 Å². The molecule has 2 aliphatic rings. The summed E-state index contributed by atoms with van der Waals surface area (Å²) < 4.78 is 14.9. The summed E-state index contributed by atoms with van der Waals surface area (Å²) in [6, 6.07) is 6.57. The first kappa shape index (κ1) is 15.4. The lowest BCUT2D eigenvalue weighted by atomic mass is 10.0. The lowest BCUT2D eigenvalue weighted by molar-refractivity contribution is 0.107. The molecule has 1 aromatic rings. The molecule has 1 aliphatic heterocycles. The zero-order chi connectivity index (χ0) is 14.8. The topological polar surface area (TPSA) is 15.3 Å². The lowest BCUT2D eigenvalue weighted by Crippen LogP contribution is -2.56. The third-order valence-corrected chi connectivity index (χ3v) is 5.26. The molecule has 1 aromatic carbocycles. The number of benzene rings is 1. The fraction of sp³-hybridized carbons (Fsp3) is 0.647. The number of hydrogen-bond acceptors (Lipinski definition) is 2. The normalized spacial score (nSPS) is 27.0. The minimum absolute atomic E-state index is 0.0962. The molecule has 0 spiro atoms. The van der Waals surface area contributed by atoms with E-state index in [0.717, 1.165) is 35.6 Å². The van der Waals surface area contributed by atoms with Gasteiger partial charge in [-0.1, -0.05) is 35.3 Å². The van der Waals surface area contributed by atoms with Gasteiger partial charge < -0.3 is 5.32 Å². The van der Waals surface area contributed by atoms with Gasteiger partial charge in [0.05, 0.1) is 0 Å². The van der Waals surface area contributed by atoms with Gasteiger partial charge in [-0.05, 0) is 37.3 Å². The average molecular weight is 355 g/mol. The molecule has 2 atom stereocenters. The van der Waals surface area contributed by atoms with Crippen LogP contribution in [0.25, 0.3) is 0 Å². The minimum Gasteiger partial charge on any atom is -0.311 e. The Bertz CT molecular complexity index is 490. The molecule has 2 fully saturated rings. The van der Waals surface area contributed by atoms with Crippen LogP contribution in [0.4, 0.5) is 4.39 Å². The smallest absolute Gasteiger partial charge is 0.128 e. The van der Waals surface area contributed by atoms with E-state index in [1.54, 1.807) is 6.07 Å². The molecule has 2 unspecified atom stereocenters. The fourth-order valence-electron chi connectivity index (χ4n) is 3.38. The van der Waals surface area contributed by atoms with E-state index in [0.29, 0.717) is 12.1 Å². The van der Waals surface area contributed by atoms with Crippen LogP contribution in [-0.2, 0) is 6.54 Å². The van der Waals surface area contributed by atoms with Gasteiger partial charge in [0.1, 0.15) is 5.82 Å². The molecule has 116 valence electrons. The van der Waals surface area contributed by atoms with Gasteiger partial charge in [0.2, 0.25) is 0 Å². The molecular formula is C17H24BrFN2. The van der Waals surface area contributed by atoms with Gasteiger partial charge in [-0.15, -0.1) is 0 Å². The fourth-order valence-corrected chi connectivity index (χ4v) is 3.71. The highest BCUT2D eigenvalue weighted by atomic mass is 79.9. The number of nitrogens with one attached hydrogen (secondary N) is 1. The van der Waals surface area contributed by atoms with Gasteiger partial charge in [-0.3, -0.25) is 4.90 Å². The Morgan fingerprint density at radius 3 is 2.86 bits per heavy atom. The summed E-state index contributed by atoms with van der Waals surface area (Å²) in [7, 11) is 0. The van der Waals surface area contributed by atoms with E-state index >= 15 is 0 Å². The maximum atomic E-state index is 14.1. The molecule has 2 nitrogen and oxygen atoms in total. The second kappa shape index (κ2) is 6.76. The van der Waals surface area contributed by atoms with Crippen LogP contribution in [0, 0.1) is 11.7 Å². The predicted octanol–water partition coefficient (Wildman–Crippen LogP) is 3.94. The lowest BCUT2D eigenvalue weighted by Gasteiger charge is -2.41. The highest BCUT2D eigenvalue weighted by Gasteiger charge is 2.36. The molecule has 4 heteroatoms. The quantitative estimate of drug-likeness (QED) is 0.861. The van der Waals surface area contributed by atoms with Crippen LogP contribution >= 0.6 is 15.9 Å². The van der Waals surface area contributed by atoms with E-state index in [-0.39, 0.29) is 5.82 Å². The second-order valence-corrected chi connectivity index (χ2v) is 7.38. The van der Waals surface area contributed by atoms with Gasteiger partial charge in [0, 0.05) is 41.8 Å². The maximum absolute atomic E-state index is 14.1. The highest BCUT2D eigenvalue weighted by molar-refractivity contribution is 9.10. The van der Waals surface area contributed by atoms with Crippen molar-refractivity contribution >= 4 is 15.9 Å². The molecule has 1 heterocycles. The first-order chi connectivity index (χ1) is 10.2. The Hall–Kier alpha value is -0.450. The third-order valence-electron chi connectivity index (χ3n) is 4.76. The molecule has 3 rings (SSSR count). The van der Waals surface area contributed by atoms with E-state index in [1.807, 2.05) is 12.1 Å². The van der Waals surface area contributed by atoms with Crippen molar-refractivity contribution in [1.82, 2.24) is 10.2 Å². The Morgan fingerprint density at radius 2 is 2.19 bits per heavy atom. The molecule has 0 bridgehead atoms. The van der Waals surface area contributed by atoms with Crippen molar-refractivity contribution in [2.75, 3.05) is 13.1 Å². The van der Waals surface area contributed by atoms with Crippen LogP contribution in [0.1, 0.15) is 38.2 Å². The monoisotopic (exact) mass is 354 g/mol. The van der Waals surface area contributed by atoms with Gasteiger partial charge >= 0.3 is 0 Å². The van der Waals surface area contributed by atoms with Crippen LogP contribution < -0.4 is 5.32 Å². The van der Waals surface area contributed by atoms with Crippen LogP contribution in [0.5, 0.6) is 0 Å². The first-order valence-electron chi connectivity index (χ1n) is 8.08. The molecule has 1 aliphatic carbocycles. The van der Waals surface area contributed by atoms with Crippen molar-refractivity contribution < 1.29 is 4.39 Å². The van der Waals surface area contributed by atoms with Crippen LogP contribution in [0.2, 0.25) is 0 Å². The van der Waals surface area contributed by atoms with Crippen molar-refractivity contribution in [3.05, 3.63) is 34.1 Å². The van der Waals surface area contributed by atoms with Crippen LogP contribution in [-0.4, -0.2) is 30.1 Å². The molecule has 0 amide bonds. The molecule has 0 radical (unpaired) electrons. The maximum Gasteiger partial charge on any atom is 0.128 e. The summed E-state index contributed by atoms with van der Waals surface area (Å²) in [5, 5.41) is 3.71. The Labute approximate surface area is 135 Å². The second-order valence-electron chi connectivity index (χ2n) is 6.46. The van der Waals surface area contributed by atoms with Gasteiger partial charge in [0.15, 0.2) is 0 Å². The summed E-state index contributed by atoms with van der Waals surface area (Å²) >= 11 is 3.33. The van der Waals surface area contributed by atoms with Crippen molar-refractivity contribution in [2.24, 2.45) is 5.92 Å². The van der Waals surface area contributed by atoms with Crippen molar-refractivity contribution in [3.8, 4) is 0 Å². The van der Waals surface area contributed by atoms with E-state index in [2.05, 4.69) is 33.1 Å². The minimum atomic E-state index is -0.0962. The number of halogens is 2. The molecule has 21 heavy (non-hydrogen) atoms. The highest BCUT2D eigenvalue weighted by Crippen LogP contribution is 2.35. The van der Waals surface area contributed by atoms with Crippen molar-refractivity contribution in [2.45, 2.75) is 51.2 Å². The number of rotatable bonds is 5. The van der Waals surface area contributed by atoms with Gasteiger partial charge in [-0.2, -0.15) is 0 Å². The predicted molar refractivity (Wildman–Crippen MR) is 87.7 cm³/mol. The standard InChI is InChI=1S/C17H24BrFN2/c1-2-3-15-9-20-17(12-4-5-12)11-21(15)10-13-6-7-14(18)8-16(13)19/h6-8,12,15,17,20H,2-5,9-11H2,1H3. The number of nitrogens with zero attached hydrogens (tertiary/aromatic N) is 1. The number of piperazine rings is 1. The van der Waals surface area contributed by atoms with Crippen LogP contribution in [0.15, 0.2) is 22.7 Å². The first-order valence-corrected chi connectivity index (χ1v) is 8.88. The molecule has 1 saturated carbocycles. The van der Waals surface area contributed by atoms with Gasteiger partial charge in [0.25, 0.3) is 0 Å². The van der Waals surface area contributed by atoms with E-state index in [9.17, 15) is 4.39 Å². The number of hydrogen-bond donors (Lipinski definition) is 1. The van der Waals surface area contributed by atoms with Crippen molar-refractivity contribution in [1.29, 1.82) is 0 Å². The Kier molecular flexibility index (Phi) is 4.97. The Morgan fingerprint density at radius 1 is 1.38 bits per heavy atom. The van der Waals surface area contributed by atoms with Crippen molar-refractivity contribution in [3.63, 3.8) is 0 Å². The summed E-state index contributed by atoms with van der Waals surface area (Å²) in [4.78, 5) is 2.50. The van der Waals surface area contributed by atoms with Crippen LogP contribution in [0.3, 0.4) is 0 Å². The largest absolute Gasteiger partial charge is 0.311 e. The summed E-state index contributed by atoms with van der Waals surface area (Å²) in [6.45, 7) is 5.07. The zero-order valence-corrected chi connectivity index (χ0v) is 14.2. The summed E-state index contributed by atoms with van der Waals surface area (Å²) in [5.41, 5.74) is 0.816. The molecular weight excluding hydrogens is 331 g/mol. The summed E-state index contributed by atoms with van der Waals surface area (Å²) in [5.74, 6) is 0.756. The van der Waals surface area contributed by atoms with Gasteiger partial charge in [-0.25, -0.2) is 4.39 Å². The Balaban J connectivity index is 1.71. The SMILES string of the molecule is CCCC1CNC(C2CC2)CN1Cc1ccc(Br)cc1F. The summed E-state index contributed by atoms with van der Waals surface area (Å²) in [6.07, 6.45) is 5.08. The van der Waals surface area contributed by atoms with E-state index in [1.165, 1.54) is 25.7 Å². The zero-order valence-electron chi connectivity index (χ0n) is 12.6. The molecule has 1 N–H and O–H groups in total. The third kappa shape index (κ3) is 3.85. The molecule has 0 aromatic heterocycles. The molecule has 1 saturated heterocycles.